The van der Waals surface area contributed by atoms with E-state index in [-0.39, 0.29) is 0 Å². The zero-order valence-corrected chi connectivity index (χ0v) is 11.6. The average molecular weight is 219 g/mol. The maximum Gasteiger partial charge on any atom is 0.0464 e. The molecule has 0 fully saturated rings. The van der Waals surface area contributed by atoms with Gasteiger partial charge in [0.15, 0.2) is 0 Å². The van der Waals surface area contributed by atoms with Gasteiger partial charge in [0, 0.05) is 11.4 Å². The van der Waals surface area contributed by atoms with Crippen LogP contribution in [0.15, 0.2) is 0 Å². The monoisotopic (exact) mass is 219 g/mol. The van der Waals surface area contributed by atoms with Crippen molar-refractivity contribution in [3.63, 3.8) is 0 Å². The lowest BCUT2D eigenvalue weighted by Crippen LogP contribution is -2.04. The highest BCUT2D eigenvalue weighted by Crippen LogP contribution is 2.29. The highest BCUT2D eigenvalue weighted by molar-refractivity contribution is 5.42. The smallest absolute Gasteiger partial charge is 0.0464 e. The van der Waals surface area contributed by atoms with Crippen LogP contribution >= 0.6 is 0 Å². The van der Waals surface area contributed by atoms with Crippen molar-refractivity contribution < 1.29 is 0 Å². The first-order valence-electron chi connectivity index (χ1n) is 6.60. The number of aryl methyl sites for hydroxylation is 1. The van der Waals surface area contributed by atoms with Crippen molar-refractivity contribution in [1.82, 2.24) is 4.98 Å². The van der Waals surface area contributed by atoms with Crippen molar-refractivity contribution in [2.24, 2.45) is 0 Å². The van der Waals surface area contributed by atoms with Gasteiger partial charge in [-0.2, -0.15) is 0 Å². The van der Waals surface area contributed by atoms with Crippen LogP contribution in [0.25, 0.3) is 0 Å². The van der Waals surface area contributed by atoms with Crippen LogP contribution in [-0.2, 0) is 12.8 Å². The molecule has 0 radical (unpaired) electrons. The van der Waals surface area contributed by atoms with Gasteiger partial charge in [-0.15, -0.1) is 0 Å². The lowest BCUT2D eigenvalue weighted by molar-refractivity contribution is 0.793. The predicted octanol–water partition coefficient (Wildman–Crippen LogP) is 4.34. The van der Waals surface area contributed by atoms with Crippen LogP contribution in [0.2, 0.25) is 0 Å². The second-order valence-corrected chi connectivity index (χ2v) is 4.68. The van der Waals surface area contributed by atoms with Crippen LogP contribution in [0.1, 0.15) is 68.1 Å². The molecule has 0 bridgehead atoms. The van der Waals surface area contributed by atoms with Crippen molar-refractivity contribution in [1.29, 1.82) is 0 Å². The van der Waals surface area contributed by atoms with E-state index in [1.807, 2.05) is 13.8 Å². The van der Waals surface area contributed by atoms with Crippen LogP contribution in [0.4, 0.5) is 0 Å². The predicted molar refractivity (Wildman–Crippen MR) is 71.2 cm³/mol. The van der Waals surface area contributed by atoms with E-state index in [9.17, 15) is 0 Å². The molecule has 1 aliphatic rings. The third kappa shape index (κ3) is 2.28. The van der Waals surface area contributed by atoms with Gasteiger partial charge in [-0.1, -0.05) is 27.7 Å². The van der Waals surface area contributed by atoms with E-state index >= 15 is 0 Å². The number of aromatic nitrogens is 1. The zero-order valence-electron chi connectivity index (χ0n) is 11.6. The van der Waals surface area contributed by atoms with Gasteiger partial charge in [-0.25, -0.2) is 0 Å². The molecule has 1 aromatic rings. The molecule has 0 saturated heterocycles. The van der Waals surface area contributed by atoms with Crippen molar-refractivity contribution in [3.05, 3.63) is 28.1 Å². The number of nitrogens with zero attached hydrogens (tertiary/aromatic N) is 1. The first kappa shape index (κ1) is 13.2. The number of hydrogen-bond acceptors (Lipinski definition) is 1. The summed E-state index contributed by atoms with van der Waals surface area (Å²) in [5, 5.41) is 0. The highest BCUT2D eigenvalue weighted by Gasteiger charge is 2.19. The molecule has 1 aromatic heterocycles. The van der Waals surface area contributed by atoms with E-state index in [0.29, 0.717) is 5.92 Å². The maximum absolute atomic E-state index is 4.81. The fourth-order valence-corrected chi connectivity index (χ4v) is 2.46. The van der Waals surface area contributed by atoms with Crippen LogP contribution < -0.4 is 0 Å². The number of hydrogen-bond donors (Lipinski definition) is 0. The number of rotatable bonds is 1. The van der Waals surface area contributed by atoms with Crippen LogP contribution in [-0.4, -0.2) is 4.98 Å². The first-order chi connectivity index (χ1) is 7.61. The Morgan fingerprint density at radius 3 is 2.19 bits per heavy atom. The SMILES string of the molecule is CC.Cc1c(C(C)C)nc2c(c1C)CCC2. The van der Waals surface area contributed by atoms with Crippen molar-refractivity contribution >= 4 is 0 Å². The Morgan fingerprint density at radius 1 is 1.00 bits per heavy atom. The second-order valence-electron chi connectivity index (χ2n) is 4.68. The molecule has 1 heterocycles. The summed E-state index contributed by atoms with van der Waals surface area (Å²) in [6, 6.07) is 0. The first-order valence-corrected chi connectivity index (χ1v) is 6.60. The van der Waals surface area contributed by atoms with Crippen molar-refractivity contribution in [2.45, 2.75) is 66.7 Å². The summed E-state index contributed by atoms with van der Waals surface area (Å²) in [5.74, 6) is 0.555. The lowest BCUT2D eigenvalue weighted by atomic mass is 9.96. The molecular weight excluding hydrogens is 194 g/mol. The Bertz CT molecular complexity index is 364. The van der Waals surface area contributed by atoms with Crippen molar-refractivity contribution in [2.75, 3.05) is 0 Å². The van der Waals surface area contributed by atoms with E-state index in [1.165, 1.54) is 47.3 Å². The van der Waals surface area contributed by atoms with E-state index < -0.39 is 0 Å². The minimum absolute atomic E-state index is 0.555. The highest BCUT2D eigenvalue weighted by atomic mass is 14.7. The summed E-state index contributed by atoms with van der Waals surface area (Å²) in [7, 11) is 0. The molecule has 0 amide bonds. The molecule has 0 aromatic carbocycles. The van der Waals surface area contributed by atoms with Gasteiger partial charge in [-0.3, -0.25) is 4.98 Å². The van der Waals surface area contributed by atoms with E-state index in [1.54, 1.807) is 0 Å². The Morgan fingerprint density at radius 2 is 1.62 bits per heavy atom. The van der Waals surface area contributed by atoms with Gasteiger partial charge in [0.1, 0.15) is 0 Å². The summed E-state index contributed by atoms with van der Waals surface area (Å²) in [5.41, 5.74) is 7.13. The molecule has 1 aliphatic carbocycles. The van der Waals surface area contributed by atoms with Gasteiger partial charge in [0.05, 0.1) is 0 Å². The molecule has 0 spiro atoms. The molecule has 16 heavy (non-hydrogen) atoms. The molecule has 0 unspecified atom stereocenters. The summed E-state index contributed by atoms with van der Waals surface area (Å²) in [6.07, 6.45) is 3.73. The fraction of sp³-hybridized carbons (Fsp3) is 0.667. The molecule has 1 heteroatoms. The minimum atomic E-state index is 0.555. The van der Waals surface area contributed by atoms with Gasteiger partial charge >= 0.3 is 0 Å². The minimum Gasteiger partial charge on any atom is -0.257 e. The summed E-state index contributed by atoms with van der Waals surface area (Å²) in [4.78, 5) is 4.81. The van der Waals surface area contributed by atoms with Gasteiger partial charge in [0.25, 0.3) is 0 Å². The maximum atomic E-state index is 4.81. The normalized spacial score (nSPS) is 13.4. The summed E-state index contributed by atoms with van der Waals surface area (Å²) < 4.78 is 0. The standard InChI is InChI=1S/C13H19N.C2H6/c1-8(2)13-10(4)9(3)11-6-5-7-12(11)14-13;1-2/h8H,5-7H2,1-4H3;1-2H3. The van der Waals surface area contributed by atoms with E-state index in [0.717, 1.165) is 0 Å². The molecule has 2 rings (SSSR count). The second kappa shape index (κ2) is 5.47. The topological polar surface area (TPSA) is 12.9 Å². The third-order valence-electron chi connectivity index (χ3n) is 3.39. The van der Waals surface area contributed by atoms with Gasteiger partial charge in [-0.05, 0) is 55.7 Å². The Balaban J connectivity index is 0.000000606. The Kier molecular flexibility index (Phi) is 4.52. The largest absolute Gasteiger partial charge is 0.257 e. The molecule has 0 saturated carbocycles. The van der Waals surface area contributed by atoms with E-state index in [4.69, 9.17) is 4.98 Å². The molecule has 0 atom stereocenters. The van der Waals surface area contributed by atoms with Gasteiger partial charge < -0.3 is 0 Å². The number of fused-ring (bicyclic) bond motifs is 1. The molecule has 0 aliphatic heterocycles. The molecule has 0 N–H and O–H groups in total. The Hall–Kier alpha value is -0.850. The fourth-order valence-electron chi connectivity index (χ4n) is 2.46. The zero-order chi connectivity index (χ0) is 12.3. The summed E-state index contributed by atoms with van der Waals surface area (Å²) in [6.45, 7) is 12.9. The molecule has 1 nitrogen and oxygen atoms in total. The third-order valence-corrected chi connectivity index (χ3v) is 3.39. The molecule has 90 valence electrons. The molecular formula is C15H25N. The van der Waals surface area contributed by atoms with Crippen molar-refractivity contribution in [3.8, 4) is 0 Å². The van der Waals surface area contributed by atoms with Crippen LogP contribution in [0.3, 0.4) is 0 Å². The Labute approximate surface area is 100 Å². The lowest BCUT2D eigenvalue weighted by Gasteiger charge is -2.15. The van der Waals surface area contributed by atoms with E-state index in [2.05, 4.69) is 27.7 Å². The van der Waals surface area contributed by atoms with Gasteiger partial charge in [0.2, 0.25) is 0 Å². The summed E-state index contributed by atoms with van der Waals surface area (Å²) >= 11 is 0. The number of pyridine rings is 1. The van der Waals surface area contributed by atoms with Crippen LogP contribution in [0.5, 0.6) is 0 Å². The average Bonchev–Trinajstić information content (AvgIpc) is 2.74. The van der Waals surface area contributed by atoms with Crippen LogP contribution in [0, 0.1) is 13.8 Å². The quantitative estimate of drug-likeness (QED) is 0.685.